The van der Waals surface area contributed by atoms with E-state index in [1.807, 2.05) is 30.3 Å². The summed E-state index contributed by atoms with van der Waals surface area (Å²) >= 11 is 0. The van der Waals surface area contributed by atoms with E-state index < -0.39 is 6.29 Å². The maximum atomic E-state index is 9.64. The first kappa shape index (κ1) is 13.0. The lowest BCUT2D eigenvalue weighted by Crippen LogP contribution is -2.15. The molecule has 1 aromatic rings. The van der Waals surface area contributed by atoms with Crippen molar-refractivity contribution < 1.29 is 9.84 Å². The molecule has 1 atom stereocenters. The minimum absolute atomic E-state index is 0.663. The smallest absolute Gasteiger partial charge is 0.197 e. The van der Waals surface area contributed by atoms with Gasteiger partial charge in [0.15, 0.2) is 6.29 Å². The summed E-state index contributed by atoms with van der Waals surface area (Å²) in [7, 11) is 0. The van der Waals surface area contributed by atoms with Gasteiger partial charge in [-0.15, -0.1) is 0 Å². The van der Waals surface area contributed by atoms with Crippen LogP contribution in [0.25, 0.3) is 0 Å². The Kier molecular flexibility index (Phi) is 6.66. The molecule has 0 aliphatic heterocycles. The molecule has 0 spiro atoms. The fourth-order valence-electron chi connectivity index (χ4n) is 1.64. The standard InChI is InChI=1S/C14H22O2/c1-2-3-4-5-9-12-14(15)16-13-10-7-6-8-11-13/h6-8,10-11,14-15H,2-5,9,12H2,1H3. The first-order chi connectivity index (χ1) is 7.83. The molecule has 0 aliphatic rings. The maximum absolute atomic E-state index is 9.64. The van der Waals surface area contributed by atoms with Crippen molar-refractivity contribution in [2.24, 2.45) is 0 Å². The molecule has 0 aliphatic carbocycles. The van der Waals surface area contributed by atoms with Crippen molar-refractivity contribution in [3.05, 3.63) is 30.3 Å². The van der Waals surface area contributed by atoms with Crippen LogP contribution < -0.4 is 4.74 Å². The lowest BCUT2D eigenvalue weighted by molar-refractivity contribution is -0.0246. The van der Waals surface area contributed by atoms with Crippen LogP contribution in [0.1, 0.15) is 45.4 Å². The Morgan fingerprint density at radius 1 is 1.06 bits per heavy atom. The molecule has 0 aromatic heterocycles. The molecule has 0 amide bonds. The molecular formula is C14H22O2. The number of rotatable bonds is 8. The molecule has 0 fully saturated rings. The molecule has 0 radical (unpaired) electrons. The van der Waals surface area contributed by atoms with E-state index in [1.165, 1.54) is 25.7 Å². The van der Waals surface area contributed by atoms with Crippen LogP contribution in [-0.4, -0.2) is 11.4 Å². The fourth-order valence-corrected chi connectivity index (χ4v) is 1.64. The fraction of sp³-hybridized carbons (Fsp3) is 0.571. The molecule has 0 bridgehead atoms. The van der Waals surface area contributed by atoms with Gasteiger partial charge in [0, 0.05) is 6.42 Å². The van der Waals surface area contributed by atoms with Gasteiger partial charge in [0.2, 0.25) is 0 Å². The molecule has 1 aromatic carbocycles. The highest BCUT2D eigenvalue weighted by Crippen LogP contribution is 2.13. The Morgan fingerprint density at radius 3 is 2.44 bits per heavy atom. The van der Waals surface area contributed by atoms with Crippen LogP contribution in [0.3, 0.4) is 0 Å². The highest BCUT2D eigenvalue weighted by Gasteiger charge is 2.04. The largest absolute Gasteiger partial charge is 0.465 e. The number of benzene rings is 1. The van der Waals surface area contributed by atoms with Crippen molar-refractivity contribution in [2.75, 3.05) is 0 Å². The van der Waals surface area contributed by atoms with Gasteiger partial charge in [0.25, 0.3) is 0 Å². The molecule has 16 heavy (non-hydrogen) atoms. The molecule has 0 saturated carbocycles. The highest BCUT2D eigenvalue weighted by atomic mass is 16.6. The predicted octanol–water partition coefficient (Wildman–Crippen LogP) is 3.74. The number of aliphatic hydroxyl groups is 1. The monoisotopic (exact) mass is 222 g/mol. The van der Waals surface area contributed by atoms with Crippen molar-refractivity contribution in [1.82, 2.24) is 0 Å². The summed E-state index contributed by atoms with van der Waals surface area (Å²) in [6.07, 6.45) is 6.08. The minimum atomic E-state index is -0.663. The summed E-state index contributed by atoms with van der Waals surface area (Å²) in [5.41, 5.74) is 0. The second-order valence-electron chi connectivity index (χ2n) is 4.09. The van der Waals surface area contributed by atoms with E-state index in [-0.39, 0.29) is 0 Å². The minimum Gasteiger partial charge on any atom is -0.465 e. The van der Waals surface area contributed by atoms with E-state index >= 15 is 0 Å². The van der Waals surface area contributed by atoms with E-state index in [2.05, 4.69) is 6.92 Å². The average Bonchev–Trinajstić information content (AvgIpc) is 2.30. The second kappa shape index (κ2) is 8.17. The van der Waals surface area contributed by atoms with Gasteiger partial charge in [-0.25, -0.2) is 0 Å². The van der Waals surface area contributed by atoms with Crippen LogP contribution >= 0.6 is 0 Å². The maximum Gasteiger partial charge on any atom is 0.197 e. The van der Waals surface area contributed by atoms with Gasteiger partial charge >= 0.3 is 0 Å². The van der Waals surface area contributed by atoms with Crippen molar-refractivity contribution in [1.29, 1.82) is 0 Å². The lowest BCUT2D eigenvalue weighted by atomic mass is 10.1. The topological polar surface area (TPSA) is 29.5 Å². The Morgan fingerprint density at radius 2 is 1.75 bits per heavy atom. The molecule has 1 N–H and O–H groups in total. The van der Waals surface area contributed by atoms with Crippen molar-refractivity contribution in [2.45, 2.75) is 51.7 Å². The third-order valence-electron chi connectivity index (χ3n) is 2.57. The van der Waals surface area contributed by atoms with Crippen LogP contribution in [0.15, 0.2) is 30.3 Å². The third-order valence-corrected chi connectivity index (χ3v) is 2.57. The number of unbranched alkanes of at least 4 members (excludes halogenated alkanes) is 4. The number of hydrogen-bond acceptors (Lipinski definition) is 2. The predicted molar refractivity (Wildman–Crippen MR) is 66.5 cm³/mol. The molecule has 2 nitrogen and oxygen atoms in total. The Labute approximate surface area is 98.3 Å². The number of para-hydroxylation sites is 1. The zero-order chi connectivity index (χ0) is 11.6. The summed E-state index contributed by atoms with van der Waals surface area (Å²) < 4.78 is 5.38. The zero-order valence-corrected chi connectivity index (χ0v) is 10.1. The Balaban J connectivity index is 2.09. The SMILES string of the molecule is CCCCCCCC(O)Oc1ccccc1. The Hall–Kier alpha value is -1.02. The molecule has 90 valence electrons. The van der Waals surface area contributed by atoms with Gasteiger partial charge < -0.3 is 9.84 Å². The average molecular weight is 222 g/mol. The van der Waals surface area contributed by atoms with E-state index in [0.717, 1.165) is 18.6 Å². The molecule has 1 unspecified atom stereocenters. The molecule has 0 heterocycles. The van der Waals surface area contributed by atoms with Crippen LogP contribution in [0.2, 0.25) is 0 Å². The summed E-state index contributed by atoms with van der Waals surface area (Å²) in [5.74, 6) is 0.739. The van der Waals surface area contributed by atoms with E-state index in [1.54, 1.807) is 0 Å². The molecule has 1 rings (SSSR count). The normalized spacial score (nSPS) is 12.4. The van der Waals surface area contributed by atoms with Crippen LogP contribution in [0, 0.1) is 0 Å². The van der Waals surface area contributed by atoms with E-state index in [0.29, 0.717) is 0 Å². The van der Waals surface area contributed by atoms with Crippen LogP contribution in [0.5, 0.6) is 5.75 Å². The molecular weight excluding hydrogens is 200 g/mol. The summed E-state index contributed by atoms with van der Waals surface area (Å²) in [4.78, 5) is 0. The summed E-state index contributed by atoms with van der Waals surface area (Å²) in [5, 5.41) is 9.64. The number of ether oxygens (including phenoxy) is 1. The quantitative estimate of drug-likeness (QED) is 0.536. The first-order valence-corrected chi connectivity index (χ1v) is 6.22. The lowest BCUT2D eigenvalue weighted by Gasteiger charge is -2.13. The molecule has 0 saturated heterocycles. The van der Waals surface area contributed by atoms with E-state index in [4.69, 9.17) is 4.74 Å². The van der Waals surface area contributed by atoms with Crippen LogP contribution in [-0.2, 0) is 0 Å². The van der Waals surface area contributed by atoms with Crippen LogP contribution in [0.4, 0.5) is 0 Å². The number of aliphatic hydroxyl groups excluding tert-OH is 1. The van der Waals surface area contributed by atoms with Gasteiger partial charge in [-0.3, -0.25) is 0 Å². The van der Waals surface area contributed by atoms with Crippen molar-refractivity contribution in [3.63, 3.8) is 0 Å². The zero-order valence-electron chi connectivity index (χ0n) is 10.1. The van der Waals surface area contributed by atoms with Gasteiger partial charge in [0.1, 0.15) is 5.75 Å². The second-order valence-corrected chi connectivity index (χ2v) is 4.09. The number of hydrogen-bond donors (Lipinski definition) is 1. The summed E-state index contributed by atoms with van der Waals surface area (Å²) in [6, 6.07) is 9.47. The summed E-state index contributed by atoms with van der Waals surface area (Å²) in [6.45, 7) is 2.20. The molecule has 2 heteroatoms. The third kappa shape index (κ3) is 5.76. The van der Waals surface area contributed by atoms with E-state index in [9.17, 15) is 5.11 Å². The van der Waals surface area contributed by atoms with Gasteiger partial charge in [-0.05, 0) is 18.6 Å². The van der Waals surface area contributed by atoms with Crippen molar-refractivity contribution in [3.8, 4) is 5.75 Å². The first-order valence-electron chi connectivity index (χ1n) is 6.22. The van der Waals surface area contributed by atoms with Gasteiger partial charge in [0.05, 0.1) is 0 Å². The van der Waals surface area contributed by atoms with Crippen molar-refractivity contribution >= 4 is 0 Å². The van der Waals surface area contributed by atoms with Gasteiger partial charge in [-0.1, -0.05) is 50.8 Å². The highest BCUT2D eigenvalue weighted by molar-refractivity contribution is 5.20. The Bertz CT molecular complexity index is 259. The van der Waals surface area contributed by atoms with Gasteiger partial charge in [-0.2, -0.15) is 0 Å².